The minimum Gasteiger partial charge on any atom is -0.386 e. The molecule has 0 atom stereocenters. The van der Waals surface area contributed by atoms with Crippen molar-refractivity contribution in [3.05, 3.63) is 11.6 Å². The highest BCUT2D eigenvalue weighted by Gasteiger charge is 2.56. The van der Waals surface area contributed by atoms with E-state index >= 15 is 0 Å². The third-order valence-electron chi connectivity index (χ3n) is 2.82. The largest absolute Gasteiger partial charge is 0.386 e. The highest BCUT2D eigenvalue weighted by Crippen LogP contribution is 2.72. The molecule has 0 unspecified atom stereocenters. The molecule has 0 aromatic rings. The van der Waals surface area contributed by atoms with Gasteiger partial charge in [-0.05, 0) is 27.7 Å². The molecule has 138 valence electrons. The molecule has 24 heavy (non-hydrogen) atoms. The first-order chi connectivity index (χ1) is 11.3. The summed E-state index contributed by atoms with van der Waals surface area (Å²) in [5.74, 6) is -2.04. The molecule has 0 fully saturated rings. The Balaban J connectivity index is 3.53. The Hall–Kier alpha value is -0.820. The summed E-state index contributed by atoms with van der Waals surface area (Å²) in [4.78, 5) is 23.4. The Morgan fingerprint density at radius 1 is 0.875 bits per heavy atom. The first-order valence-corrected chi connectivity index (χ1v) is 10.8. The maximum absolute atomic E-state index is 13.2. The minimum absolute atomic E-state index is 0.0394. The quantitative estimate of drug-likeness (QED) is 0.301. The second kappa shape index (κ2) is 9.04. The summed E-state index contributed by atoms with van der Waals surface area (Å²) in [6.45, 7) is 6.07. The van der Waals surface area contributed by atoms with Crippen LogP contribution in [0.15, 0.2) is 11.6 Å². The Labute approximate surface area is 140 Å². The minimum atomic E-state index is -4.16. The zero-order valence-corrected chi connectivity index (χ0v) is 15.8. The van der Waals surface area contributed by atoms with Gasteiger partial charge in [-0.15, -0.1) is 0 Å². The Morgan fingerprint density at radius 2 is 1.25 bits per heavy atom. The fourth-order valence-electron chi connectivity index (χ4n) is 2.14. The summed E-state index contributed by atoms with van der Waals surface area (Å²) in [5, 5.41) is -1.70. The molecule has 0 spiro atoms. The lowest BCUT2D eigenvalue weighted by atomic mass is 10.3. The fraction of sp³-hybridized carbons (Fsp3) is 0.692. The van der Waals surface area contributed by atoms with Crippen LogP contribution in [0.4, 0.5) is 0 Å². The van der Waals surface area contributed by atoms with Gasteiger partial charge in [0.15, 0.2) is 5.40 Å². The lowest BCUT2D eigenvalue weighted by Gasteiger charge is -2.30. The Bertz CT molecular complexity index is 548. The number of hydrogen-bond donors (Lipinski definition) is 0. The summed E-state index contributed by atoms with van der Waals surface area (Å²) in [6, 6.07) is 0. The van der Waals surface area contributed by atoms with E-state index in [1.54, 1.807) is 27.7 Å². The van der Waals surface area contributed by atoms with Crippen molar-refractivity contribution in [2.45, 2.75) is 33.1 Å². The lowest BCUT2D eigenvalue weighted by Crippen LogP contribution is -2.23. The maximum atomic E-state index is 13.2. The van der Waals surface area contributed by atoms with Crippen molar-refractivity contribution in [1.82, 2.24) is 0 Å². The molecule has 0 aromatic carbocycles. The van der Waals surface area contributed by atoms with Crippen LogP contribution in [0.1, 0.15) is 27.7 Å². The van der Waals surface area contributed by atoms with E-state index in [0.29, 0.717) is 0 Å². The standard InChI is InChI=1S/C13H22O9P2/c1-5-18-23(16,19-6-2)13(10-9-11(14)22-12(10)15)24(17,20-7-3)21-8-4/h9,13H,5-8H2,1-4H3. The third-order valence-corrected chi connectivity index (χ3v) is 8.74. The molecule has 0 N–H and O–H groups in total. The molecule has 0 saturated heterocycles. The predicted octanol–water partition coefficient (Wildman–Crippen LogP) is 2.85. The van der Waals surface area contributed by atoms with Crippen LogP contribution in [0, 0.1) is 0 Å². The summed E-state index contributed by atoms with van der Waals surface area (Å²) >= 11 is 0. The van der Waals surface area contributed by atoms with E-state index in [4.69, 9.17) is 18.1 Å². The number of carbonyl (C=O) groups excluding carboxylic acids is 2. The van der Waals surface area contributed by atoms with Gasteiger partial charge in [-0.3, -0.25) is 9.13 Å². The van der Waals surface area contributed by atoms with Crippen molar-refractivity contribution in [1.29, 1.82) is 0 Å². The SMILES string of the molecule is CCOP(=O)(OCC)C(C1=CC(=O)OC1=O)P(=O)(OCC)OCC. The van der Waals surface area contributed by atoms with Gasteiger partial charge in [0.25, 0.3) is 0 Å². The van der Waals surface area contributed by atoms with Gasteiger partial charge in [0, 0.05) is 6.08 Å². The molecule has 0 saturated carbocycles. The van der Waals surface area contributed by atoms with Crippen LogP contribution in [0.5, 0.6) is 0 Å². The molecule has 0 amide bonds. The molecule has 1 rings (SSSR count). The molecule has 0 radical (unpaired) electrons. The van der Waals surface area contributed by atoms with Crippen LogP contribution in [-0.4, -0.2) is 43.8 Å². The van der Waals surface area contributed by atoms with E-state index in [2.05, 4.69) is 4.74 Å². The van der Waals surface area contributed by atoms with E-state index < -0.39 is 38.1 Å². The predicted molar refractivity (Wildman–Crippen MR) is 84.7 cm³/mol. The number of ether oxygens (including phenoxy) is 1. The van der Waals surface area contributed by atoms with Crippen molar-refractivity contribution in [3.63, 3.8) is 0 Å². The molecule has 0 aromatic heterocycles. The van der Waals surface area contributed by atoms with E-state index in [1.165, 1.54) is 0 Å². The van der Waals surface area contributed by atoms with Crippen LogP contribution in [0.25, 0.3) is 0 Å². The van der Waals surface area contributed by atoms with Gasteiger partial charge in [0.05, 0.1) is 32.0 Å². The van der Waals surface area contributed by atoms with Crippen LogP contribution in [-0.2, 0) is 41.6 Å². The van der Waals surface area contributed by atoms with Crippen molar-refractivity contribution >= 4 is 27.1 Å². The molecular weight excluding hydrogens is 362 g/mol. The molecule has 9 nitrogen and oxygen atoms in total. The van der Waals surface area contributed by atoms with Gasteiger partial charge in [-0.2, -0.15) is 0 Å². The second-order valence-electron chi connectivity index (χ2n) is 4.43. The first kappa shape index (κ1) is 21.2. The van der Waals surface area contributed by atoms with Gasteiger partial charge < -0.3 is 22.8 Å². The lowest BCUT2D eigenvalue weighted by molar-refractivity contribution is -0.150. The average Bonchev–Trinajstić information content (AvgIpc) is 2.78. The summed E-state index contributed by atoms with van der Waals surface area (Å²) in [5.41, 5.74) is -0.407. The first-order valence-electron chi connectivity index (χ1n) is 7.53. The van der Waals surface area contributed by atoms with Crippen molar-refractivity contribution in [2.75, 3.05) is 26.4 Å². The van der Waals surface area contributed by atoms with Crippen molar-refractivity contribution < 1.29 is 41.6 Å². The summed E-state index contributed by atoms with van der Waals surface area (Å²) in [7, 11) is -8.32. The Morgan fingerprint density at radius 3 is 1.50 bits per heavy atom. The van der Waals surface area contributed by atoms with Gasteiger partial charge in [-0.25, -0.2) is 9.59 Å². The van der Waals surface area contributed by atoms with E-state index in [1.807, 2.05) is 0 Å². The van der Waals surface area contributed by atoms with Crippen molar-refractivity contribution in [2.24, 2.45) is 0 Å². The highest BCUT2D eigenvalue weighted by molar-refractivity contribution is 7.73. The average molecular weight is 384 g/mol. The molecule has 1 heterocycles. The normalized spacial score (nSPS) is 15.8. The molecule has 1 aliphatic rings. The maximum Gasteiger partial charge on any atom is 0.350 e. The van der Waals surface area contributed by atoms with Crippen molar-refractivity contribution in [3.8, 4) is 0 Å². The Kier molecular flexibility index (Phi) is 7.99. The smallest absolute Gasteiger partial charge is 0.350 e. The van der Waals surface area contributed by atoms with Crippen LogP contribution < -0.4 is 0 Å². The van der Waals surface area contributed by atoms with Crippen LogP contribution in [0.2, 0.25) is 0 Å². The number of esters is 2. The summed E-state index contributed by atoms with van der Waals surface area (Å²) < 4.78 is 51.7. The van der Waals surface area contributed by atoms with E-state index in [9.17, 15) is 18.7 Å². The van der Waals surface area contributed by atoms with Gasteiger partial charge in [-0.1, -0.05) is 0 Å². The van der Waals surface area contributed by atoms with Gasteiger partial charge in [0.1, 0.15) is 0 Å². The summed E-state index contributed by atoms with van der Waals surface area (Å²) in [6.07, 6.45) is 0.808. The van der Waals surface area contributed by atoms with E-state index in [-0.39, 0.29) is 26.4 Å². The second-order valence-corrected chi connectivity index (χ2v) is 9.06. The highest BCUT2D eigenvalue weighted by atomic mass is 31.2. The third kappa shape index (κ3) is 4.63. The number of rotatable bonds is 11. The fourth-order valence-corrected chi connectivity index (χ4v) is 7.52. The van der Waals surface area contributed by atoms with Crippen LogP contribution >= 0.6 is 15.2 Å². The molecule has 0 aliphatic carbocycles. The molecule has 1 aliphatic heterocycles. The number of cyclic esters (lactones) is 2. The van der Waals surface area contributed by atoms with Gasteiger partial charge >= 0.3 is 27.1 Å². The molecule has 11 heteroatoms. The molecule has 0 bridgehead atoms. The van der Waals surface area contributed by atoms with Gasteiger partial charge in [0.2, 0.25) is 0 Å². The number of hydrogen-bond acceptors (Lipinski definition) is 9. The monoisotopic (exact) mass is 384 g/mol. The topological polar surface area (TPSA) is 114 Å². The van der Waals surface area contributed by atoms with E-state index in [0.717, 1.165) is 6.08 Å². The molecular formula is C13H22O9P2. The zero-order chi connectivity index (χ0) is 18.4. The number of carbonyl (C=O) groups is 2. The zero-order valence-electron chi connectivity index (χ0n) is 14.1. The van der Waals surface area contributed by atoms with Crippen LogP contribution in [0.3, 0.4) is 0 Å².